The summed E-state index contributed by atoms with van der Waals surface area (Å²) in [5, 5.41) is 0.842. The number of carbonyl (C=O) groups is 1. The molecular formula is C18H16BrNO4. The predicted molar refractivity (Wildman–Crippen MR) is 94.7 cm³/mol. The van der Waals surface area contributed by atoms with E-state index in [9.17, 15) is 4.79 Å². The van der Waals surface area contributed by atoms with Gasteiger partial charge in [0.1, 0.15) is 6.61 Å². The molecule has 0 saturated carbocycles. The highest BCUT2D eigenvalue weighted by molar-refractivity contribution is 9.10. The molecule has 0 atom stereocenters. The Kier molecular flexibility index (Phi) is 4.76. The van der Waals surface area contributed by atoms with Gasteiger partial charge >= 0.3 is 5.97 Å². The van der Waals surface area contributed by atoms with Gasteiger partial charge in [0.2, 0.25) is 0 Å². The zero-order chi connectivity index (χ0) is 17.1. The Hall–Kier alpha value is -2.47. The van der Waals surface area contributed by atoms with Crippen molar-refractivity contribution in [2.45, 2.75) is 6.61 Å². The van der Waals surface area contributed by atoms with Gasteiger partial charge in [-0.25, -0.2) is 4.79 Å². The topological polar surface area (TPSA) is 60.5 Å². The highest BCUT2D eigenvalue weighted by Gasteiger charge is 2.15. The van der Waals surface area contributed by atoms with Crippen LogP contribution < -0.4 is 9.47 Å². The van der Waals surface area contributed by atoms with Gasteiger partial charge in [0.15, 0.2) is 11.5 Å². The summed E-state index contributed by atoms with van der Waals surface area (Å²) in [6.07, 6.45) is 1.66. The Morgan fingerprint density at radius 3 is 2.58 bits per heavy atom. The number of hydrogen-bond donors (Lipinski definition) is 1. The van der Waals surface area contributed by atoms with Crippen LogP contribution in [0.5, 0.6) is 11.5 Å². The van der Waals surface area contributed by atoms with Crippen LogP contribution in [0, 0.1) is 0 Å². The number of halogens is 1. The SMILES string of the molecule is COc1cc(Br)c(COC(=O)c2c[nH]c3ccccc23)cc1OC. The van der Waals surface area contributed by atoms with Gasteiger partial charge in [-0.1, -0.05) is 34.1 Å². The first-order valence-corrected chi connectivity index (χ1v) is 8.07. The van der Waals surface area contributed by atoms with E-state index in [4.69, 9.17) is 14.2 Å². The third-order valence-electron chi connectivity index (χ3n) is 3.72. The minimum absolute atomic E-state index is 0.124. The molecule has 24 heavy (non-hydrogen) atoms. The summed E-state index contributed by atoms with van der Waals surface area (Å²) in [6.45, 7) is 0.124. The van der Waals surface area contributed by atoms with Crippen LogP contribution in [0.2, 0.25) is 0 Å². The molecule has 0 spiro atoms. The maximum Gasteiger partial charge on any atom is 0.340 e. The van der Waals surface area contributed by atoms with Gasteiger partial charge in [0.05, 0.1) is 19.8 Å². The first kappa shape index (κ1) is 16.4. The molecule has 0 saturated heterocycles. The number of ether oxygens (including phenoxy) is 3. The van der Waals surface area contributed by atoms with Gasteiger partial charge in [0, 0.05) is 27.1 Å². The fourth-order valence-electron chi connectivity index (χ4n) is 2.47. The Labute approximate surface area is 147 Å². The van der Waals surface area contributed by atoms with E-state index in [0.29, 0.717) is 17.1 Å². The number of H-pyrrole nitrogens is 1. The number of aromatic nitrogens is 1. The first-order chi connectivity index (χ1) is 11.6. The van der Waals surface area contributed by atoms with Crippen LogP contribution in [0.15, 0.2) is 47.1 Å². The van der Waals surface area contributed by atoms with Crippen molar-refractivity contribution in [2.24, 2.45) is 0 Å². The second-order valence-corrected chi connectivity index (χ2v) is 5.98. The van der Waals surface area contributed by atoms with Crippen molar-refractivity contribution in [3.05, 3.63) is 58.2 Å². The van der Waals surface area contributed by atoms with Crippen molar-refractivity contribution in [3.63, 3.8) is 0 Å². The fourth-order valence-corrected chi connectivity index (χ4v) is 2.91. The van der Waals surface area contributed by atoms with Gasteiger partial charge < -0.3 is 19.2 Å². The van der Waals surface area contributed by atoms with Crippen molar-refractivity contribution in [1.82, 2.24) is 4.98 Å². The van der Waals surface area contributed by atoms with Crippen molar-refractivity contribution >= 4 is 32.8 Å². The molecule has 0 aliphatic rings. The van der Waals surface area contributed by atoms with Gasteiger partial charge in [0.25, 0.3) is 0 Å². The number of carbonyl (C=O) groups excluding carboxylic acids is 1. The Morgan fingerprint density at radius 2 is 1.83 bits per heavy atom. The van der Waals surface area contributed by atoms with E-state index >= 15 is 0 Å². The summed E-state index contributed by atoms with van der Waals surface area (Å²) in [5.74, 6) is 0.809. The lowest BCUT2D eigenvalue weighted by Crippen LogP contribution is -2.05. The van der Waals surface area contributed by atoms with Crippen LogP contribution in [0.25, 0.3) is 10.9 Å². The smallest absolute Gasteiger partial charge is 0.340 e. The second-order valence-electron chi connectivity index (χ2n) is 5.12. The van der Waals surface area contributed by atoms with Crippen LogP contribution in [0.3, 0.4) is 0 Å². The molecule has 0 bridgehead atoms. The molecule has 0 unspecified atom stereocenters. The second kappa shape index (κ2) is 6.97. The lowest BCUT2D eigenvalue weighted by atomic mass is 10.2. The maximum atomic E-state index is 12.4. The van der Waals surface area contributed by atoms with Gasteiger partial charge in [-0.05, 0) is 18.2 Å². The van der Waals surface area contributed by atoms with E-state index in [1.54, 1.807) is 32.5 Å². The van der Waals surface area contributed by atoms with Crippen molar-refractivity contribution in [2.75, 3.05) is 14.2 Å². The summed E-state index contributed by atoms with van der Waals surface area (Å²) in [5.41, 5.74) is 2.21. The van der Waals surface area contributed by atoms with Crippen molar-refractivity contribution in [3.8, 4) is 11.5 Å². The number of hydrogen-bond acceptors (Lipinski definition) is 4. The van der Waals surface area contributed by atoms with Crippen molar-refractivity contribution < 1.29 is 19.0 Å². The molecule has 1 heterocycles. The van der Waals surface area contributed by atoms with Crippen LogP contribution in [0.1, 0.15) is 15.9 Å². The molecule has 2 aromatic carbocycles. The van der Waals surface area contributed by atoms with E-state index < -0.39 is 0 Å². The third-order valence-corrected chi connectivity index (χ3v) is 4.46. The molecule has 0 radical (unpaired) electrons. The largest absolute Gasteiger partial charge is 0.493 e. The molecule has 5 nitrogen and oxygen atoms in total. The van der Waals surface area contributed by atoms with Gasteiger partial charge in [-0.2, -0.15) is 0 Å². The lowest BCUT2D eigenvalue weighted by molar-refractivity contribution is 0.0474. The van der Waals surface area contributed by atoms with Gasteiger partial charge in [-0.15, -0.1) is 0 Å². The monoisotopic (exact) mass is 389 g/mol. The number of benzene rings is 2. The van der Waals surface area contributed by atoms with Crippen LogP contribution in [-0.4, -0.2) is 25.2 Å². The van der Waals surface area contributed by atoms with Crippen molar-refractivity contribution in [1.29, 1.82) is 0 Å². The Morgan fingerprint density at radius 1 is 1.12 bits per heavy atom. The van der Waals surface area contributed by atoms with E-state index in [1.165, 1.54) is 0 Å². The quantitative estimate of drug-likeness (QED) is 0.660. The van der Waals surface area contributed by atoms with Gasteiger partial charge in [-0.3, -0.25) is 0 Å². The molecule has 3 rings (SSSR count). The zero-order valence-electron chi connectivity index (χ0n) is 13.3. The lowest BCUT2D eigenvalue weighted by Gasteiger charge is -2.12. The summed E-state index contributed by atoms with van der Waals surface area (Å²) in [7, 11) is 3.13. The number of methoxy groups -OCH3 is 2. The van der Waals surface area contributed by atoms with Crippen LogP contribution in [0.4, 0.5) is 0 Å². The fraction of sp³-hybridized carbons (Fsp3) is 0.167. The van der Waals surface area contributed by atoms with E-state index in [2.05, 4.69) is 20.9 Å². The maximum absolute atomic E-state index is 12.4. The van der Waals surface area contributed by atoms with Crippen LogP contribution in [-0.2, 0) is 11.3 Å². The average Bonchev–Trinajstić information content (AvgIpc) is 3.04. The number of esters is 1. The summed E-state index contributed by atoms with van der Waals surface area (Å²) < 4.78 is 16.7. The molecule has 0 amide bonds. The minimum Gasteiger partial charge on any atom is -0.493 e. The molecule has 1 N–H and O–H groups in total. The number of fused-ring (bicyclic) bond motifs is 1. The molecule has 1 aromatic heterocycles. The van der Waals surface area contributed by atoms with Crippen LogP contribution >= 0.6 is 15.9 Å². The molecule has 0 aliphatic heterocycles. The Bertz CT molecular complexity index is 888. The summed E-state index contributed by atoms with van der Waals surface area (Å²) in [4.78, 5) is 15.4. The number of para-hydroxylation sites is 1. The minimum atomic E-state index is -0.380. The number of rotatable bonds is 5. The highest BCUT2D eigenvalue weighted by Crippen LogP contribution is 2.33. The summed E-state index contributed by atoms with van der Waals surface area (Å²) >= 11 is 3.46. The molecule has 6 heteroatoms. The summed E-state index contributed by atoms with van der Waals surface area (Å²) in [6, 6.07) is 11.2. The Balaban J connectivity index is 1.79. The number of nitrogens with one attached hydrogen (secondary N) is 1. The molecule has 3 aromatic rings. The highest BCUT2D eigenvalue weighted by atomic mass is 79.9. The van der Waals surface area contributed by atoms with E-state index in [0.717, 1.165) is 20.9 Å². The zero-order valence-corrected chi connectivity index (χ0v) is 14.8. The van der Waals surface area contributed by atoms with E-state index in [-0.39, 0.29) is 12.6 Å². The van der Waals surface area contributed by atoms with E-state index in [1.807, 2.05) is 24.3 Å². The molecule has 124 valence electrons. The normalized spacial score (nSPS) is 10.6. The molecular weight excluding hydrogens is 374 g/mol. The molecule has 0 aliphatic carbocycles. The molecule has 0 fully saturated rings. The first-order valence-electron chi connectivity index (χ1n) is 7.27. The number of aromatic amines is 1. The average molecular weight is 390 g/mol. The standard InChI is InChI=1S/C18H16BrNO4/c1-22-16-7-11(14(19)8-17(16)23-2)10-24-18(21)13-9-20-15-6-4-3-5-12(13)15/h3-9,20H,10H2,1-2H3. The predicted octanol–water partition coefficient (Wildman–Crippen LogP) is 4.30. The third kappa shape index (κ3) is 3.10.